The second-order valence-electron chi connectivity index (χ2n) is 5.99. The smallest absolute Gasteiger partial charge is 0.257 e. The van der Waals surface area contributed by atoms with Crippen molar-refractivity contribution in [3.8, 4) is 11.5 Å². The van der Waals surface area contributed by atoms with Crippen LogP contribution in [0.5, 0.6) is 11.5 Å². The van der Waals surface area contributed by atoms with Gasteiger partial charge in [-0.05, 0) is 43.1 Å². The molecule has 0 aliphatic carbocycles. The van der Waals surface area contributed by atoms with Crippen molar-refractivity contribution in [1.82, 2.24) is 10.6 Å². The zero-order chi connectivity index (χ0) is 19.5. The third-order valence-corrected chi connectivity index (χ3v) is 4.16. The molecule has 2 N–H and O–H groups in total. The van der Waals surface area contributed by atoms with Crippen LogP contribution < -0.4 is 20.1 Å². The standard InChI is InChI=1S/C21H27ClN2O3/c1-3-23-14-17-12-18(22)21(19(13-17)26-4-2)27-15-20(25)24-11-10-16-8-6-5-7-9-16/h5-9,12-13,23H,3-4,10-11,14-15H2,1-2H3,(H,24,25). The number of rotatable bonds is 11. The van der Waals surface area contributed by atoms with Gasteiger partial charge in [0.1, 0.15) is 0 Å². The third kappa shape index (κ3) is 7.12. The molecule has 2 aromatic rings. The lowest BCUT2D eigenvalue weighted by molar-refractivity contribution is -0.123. The van der Waals surface area contributed by atoms with E-state index in [9.17, 15) is 4.79 Å². The Labute approximate surface area is 166 Å². The molecule has 0 aromatic heterocycles. The Balaban J connectivity index is 1.90. The van der Waals surface area contributed by atoms with Gasteiger partial charge in [0.25, 0.3) is 5.91 Å². The van der Waals surface area contributed by atoms with Gasteiger partial charge < -0.3 is 20.1 Å². The van der Waals surface area contributed by atoms with Crippen molar-refractivity contribution >= 4 is 17.5 Å². The molecule has 0 saturated carbocycles. The fraction of sp³-hybridized carbons (Fsp3) is 0.381. The number of ether oxygens (including phenoxy) is 2. The van der Waals surface area contributed by atoms with Crippen molar-refractivity contribution in [2.75, 3.05) is 26.3 Å². The van der Waals surface area contributed by atoms with E-state index in [0.717, 1.165) is 18.5 Å². The van der Waals surface area contributed by atoms with Crippen LogP contribution in [0.1, 0.15) is 25.0 Å². The van der Waals surface area contributed by atoms with Gasteiger partial charge in [0, 0.05) is 13.1 Å². The number of hydrogen-bond donors (Lipinski definition) is 2. The highest BCUT2D eigenvalue weighted by Crippen LogP contribution is 2.36. The van der Waals surface area contributed by atoms with Gasteiger partial charge in [-0.3, -0.25) is 4.79 Å². The van der Waals surface area contributed by atoms with Gasteiger partial charge in [0.05, 0.1) is 11.6 Å². The lowest BCUT2D eigenvalue weighted by Gasteiger charge is -2.15. The first kappa shape index (κ1) is 21.1. The summed E-state index contributed by atoms with van der Waals surface area (Å²) in [6, 6.07) is 13.7. The van der Waals surface area contributed by atoms with Crippen LogP contribution in [0.2, 0.25) is 5.02 Å². The van der Waals surface area contributed by atoms with Gasteiger partial charge in [0.15, 0.2) is 18.1 Å². The van der Waals surface area contributed by atoms with Crippen LogP contribution in [-0.4, -0.2) is 32.2 Å². The Morgan fingerprint density at radius 3 is 2.56 bits per heavy atom. The zero-order valence-corrected chi connectivity index (χ0v) is 16.6. The summed E-state index contributed by atoms with van der Waals surface area (Å²) in [4.78, 5) is 12.1. The lowest BCUT2D eigenvalue weighted by Crippen LogP contribution is -2.30. The highest BCUT2D eigenvalue weighted by atomic mass is 35.5. The summed E-state index contributed by atoms with van der Waals surface area (Å²) >= 11 is 6.35. The third-order valence-electron chi connectivity index (χ3n) is 3.87. The molecule has 146 valence electrons. The predicted octanol–water partition coefficient (Wildman–Crippen LogP) is 3.59. The number of hydrogen-bond acceptors (Lipinski definition) is 4. The zero-order valence-electron chi connectivity index (χ0n) is 15.9. The molecule has 0 atom stereocenters. The van der Waals surface area contributed by atoms with Crippen LogP contribution in [-0.2, 0) is 17.8 Å². The second-order valence-corrected chi connectivity index (χ2v) is 6.40. The van der Waals surface area contributed by atoms with E-state index in [0.29, 0.717) is 36.2 Å². The Hall–Kier alpha value is -2.24. The molecule has 0 aliphatic heterocycles. The molecule has 2 rings (SSSR count). The van der Waals surface area contributed by atoms with E-state index < -0.39 is 0 Å². The van der Waals surface area contributed by atoms with Crippen molar-refractivity contribution in [3.05, 3.63) is 58.6 Å². The van der Waals surface area contributed by atoms with E-state index in [1.165, 1.54) is 5.56 Å². The average molecular weight is 391 g/mol. The number of carbonyl (C=O) groups excluding carboxylic acids is 1. The lowest BCUT2D eigenvalue weighted by atomic mass is 10.1. The van der Waals surface area contributed by atoms with E-state index in [1.807, 2.05) is 56.3 Å². The molecule has 27 heavy (non-hydrogen) atoms. The number of benzene rings is 2. The Morgan fingerprint density at radius 1 is 1.07 bits per heavy atom. The number of amides is 1. The van der Waals surface area contributed by atoms with Crippen LogP contribution in [0, 0.1) is 0 Å². The van der Waals surface area contributed by atoms with Gasteiger partial charge in [-0.15, -0.1) is 0 Å². The maximum absolute atomic E-state index is 12.1. The molecule has 0 spiro atoms. The minimum Gasteiger partial charge on any atom is -0.490 e. The summed E-state index contributed by atoms with van der Waals surface area (Å²) in [6.45, 7) is 6.42. The Morgan fingerprint density at radius 2 is 1.85 bits per heavy atom. The van der Waals surface area contributed by atoms with Crippen molar-refractivity contribution < 1.29 is 14.3 Å². The molecule has 5 nitrogen and oxygen atoms in total. The van der Waals surface area contributed by atoms with Gasteiger partial charge in [-0.25, -0.2) is 0 Å². The highest BCUT2D eigenvalue weighted by Gasteiger charge is 2.14. The summed E-state index contributed by atoms with van der Waals surface area (Å²) in [5.74, 6) is 0.758. The van der Waals surface area contributed by atoms with Crippen molar-refractivity contribution in [1.29, 1.82) is 0 Å². The first-order chi connectivity index (χ1) is 13.1. The predicted molar refractivity (Wildman–Crippen MR) is 109 cm³/mol. The molecule has 0 fully saturated rings. The van der Waals surface area contributed by atoms with Gasteiger partial charge in [0.2, 0.25) is 0 Å². The monoisotopic (exact) mass is 390 g/mol. The summed E-state index contributed by atoms with van der Waals surface area (Å²) < 4.78 is 11.3. The topological polar surface area (TPSA) is 59.6 Å². The van der Waals surface area contributed by atoms with E-state index in [1.54, 1.807) is 0 Å². The minimum absolute atomic E-state index is 0.110. The summed E-state index contributed by atoms with van der Waals surface area (Å²) in [7, 11) is 0. The summed E-state index contributed by atoms with van der Waals surface area (Å²) in [6.07, 6.45) is 0.774. The highest BCUT2D eigenvalue weighted by molar-refractivity contribution is 6.32. The fourth-order valence-corrected chi connectivity index (χ4v) is 2.86. The number of carbonyl (C=O) groups is 1. The first-order valence-electron chi connectivity index (χ1n) is 9.23. The van der Waals surface area contributed by atoms with E-state index in [4.69, 9.17) is 21.1 Å². The Kier molecular flexibility index (Phi) is 8.95. The van der Waals surface area contributed by atoms with E-state index >= 15 is 0 Å². The summed E-state index contributed by atoms with van der Waals surface area (Å²) in [5, 5.41) is 6.54. The van der Waals surface area contributed by atoms with E-state index in [-0.39, 0.29) is 12.5 Å². The van der Waals surface area contributed by atoms with Gasteiger partial charge >= 0.3 is 0 Å². The number of nitrogens with one attached hydrogen (secondary N) is 2. The van der Waals surface area contributed by atoms with Crippen molar-refractivity contribution in [2.45, 2.75) is 26.8 Å². The largest absolute Gasteiger partial charge is 0.490 e. The van der Waals surface area contributed by atoms with Gasteiger partial charge in [-0.1, -0.05) is 48.9 Å². The van der Waals surface area contributed by atoms with Crippen LogP contribution in [0.4, 0.5) is 0 Å². The maximum atomic E-state index is 12.1. The van der Waals surface area contributed by atoms with Gasteiger partial charge in [-0.2, -0.15) is 0 Å². The Bertz CT molecular complexity index is 723. The molecular weight excluding hydrogens is 364 g/mol. The van der Waals surface area contributed by atoms with Crippen molar-refractivity contribution in [2.24, 2.45) is 0 Å². The number of halogens is 1. The summed E-state index contributed by atoms with van der Waals surface area (Å²) in [5.41, 5.74) is 2.18. The average Bonchev–Trinajstić information content (AvgIpc) is 2.67. The second kappa shape index (κ2) is 11.5. The molecule has 0 saturated heterocycles. The van der Waals surface area contributed by atoms with Crippen molar-refractivity contribution in [3.63, 3.8) is 0 Å². The van der Waals surface area contributed by atoms with Crippen LogP contribution in [0.3, 0.4) is 0 Å². The fourth-order valence-electron chi connectivity index (χ4n) is 2.58. The molecule has 0 radical (unpaired) electrons. The SMILES string of the molecule is CCNCc1cc(Cl)c(OCC(=O)NCCc2ccccc2)c(OCC)c1. The molecule has 0 heterocycles. The maximum Gasteiger partial charge on any atom is 0.257 e. The minimum atomic E-state index is -0.193. The van der Waals surface area contributed by atoms with Crippen LogP contribution in [0.25, 0.3) is 0 Å². The van der Waals surface area contributed by atoms with Crippen LogP contribution >= 0.6 is 11.6 Å². The van der Waals surface area contributed by atoms with Crippen LogP contribution in [0.15, 0.2) is 42.5 Å². The molecule has 1 amide bonds. The molecule has 2 aromatic carbocycles. The molecule has 6 heteroatoms. The molecule has 0 aliphatic rings. The molecular formula is C21H27ClN2O3. The molecule has 0 unspecified atom stereocenters. The van der Waals surface area contributed by atoms with E-state index in [2.05, 4.69) is 10.6 Å². The first-order valence-corrected chi connectivity index (χ1v) is 9.61. The quantitative estimate of drug-likeness (QED) is 0.615. The normalized spacial score (nSPS) is 10.5. The molecule has 0 bridgehead atoms.